The van der Waals surface area contributed by atoms with Crippen molar-refractivity contribution in [2.24, 2.45) is 5.92 Å². The van der Waals surface area contributed by atoms with Crippen LogP contribution in [0.5, 0.6) is 5.75 Å². The van der Waals surface area contributed by atoms with Crippen LogP contribution in [0.15, 0.2) is 47.6 Å². The minimum absolute atomic E-state index is 0.0324. The SMILES string of the molecule is COc1ccc(N(C(=N)c2ccc(N)c(F)c2)/C(Cl)=C/CCCC(C)CNCO)cc1F. The Hall–Kier alpha value is -2.68. The molecule has 0 spiro atoms. The van der Waals surface area contributed by atoms with Gasteiger partial charge in [-0.1, -0.05) is 18.5 Å². The molecule has 0 saturated carbocycles. The molecule has 0 heterocycles. The number of hydrogen-bond donors (Lipinski definition) is 4. The Morgan fingerprint density at radius 3 is 2.66 bits per heavy atom. The van der Waals surface area contributed by atoms with E-state index in [9.17, 15) is 8.78 Å². The molecule has 2 rings (SSSR count). The van der Waals surface area contributed by atoms with Gasteiger partial charge in [0.05, 0.1) is 25.2 Å². The van der Waals surface area contributed by atoms with E-state index in [1.165, 1.54) is 36.3 Å². The number of hydrogen-bond acceptors (Lipinski definition) is 5. The summed E-state index contributed by atoms with van der Waals surface area (Å²) in [5.41, 5.74) is 6.05. The highest BCUT2D eigenvalue weighted by molar-refractivity contribution is 6.35. The van der Waals surface area contributed by atoms with Gasteiger partial charge in [-0.3, -0.25) is 15.6 Å². The molecule has 0 saturated heterocycles. The maximum Gasteiger partial charge on any atom is 0.167 e. The van der Waals surface area contributed by atoms with Crippen LogP contribution in [0.2, 0.25) is 0 Å². The average molecular weight is 467 g/mol. The molecule has 0 radical (unpaired) electrons. The third-order valence-corrected chi connectivity index (χ3v) is 5.25. The van der Waals surface area contributed by atoms with Gasteiger partial charge in [-0.25, -0.2) is 8.78 Å². The maximum atomic E-state index is 14.4. The minimum atomic E-state index is -0.654. The van der Waals surface area contributed by atoms with Crippen LogP contribution >= 0.6 is 11.6 Å². The fourth-order valence-corrected chi connectivity index (χ4v) is 3.44. The molecular formula is C23H29ClF2N4O2. The number of aliphatic hydroxyl groups excluding tert-OH is 1. The Morgan fingerprint density at radius 1 is 1.28 bits per heavy atom. The number of nitrogens with two attached hydrogens (primary N) is 1. The van der Waals surface area contributed by atoms with Crippen molar-refractivity contribution >= 4 is 28.8 Å². The first-order valence-electron chi connectivity index (χ1n) is 10.2. The highest BCUT2D eigenvalue weighted by Crippen LogP contribution is 2.30. The Labute approximate surface area is 192 Å². The molecule has 0 aromatic heterocycles. The van der Waals surface area contributed by atoms with Gasteiger partial charge < -0.3 is 15.6 Å². The quantitative estimate of drug-likeness (QED) is 0.0951. The van der Waals surface area contributed by atoms with Gasteiger partial charge in [0, 0.05) is 11.6 Å². The molecule has 1 unspecified atom stereocenters. The molecule has 6 nitrogen and oxygen atoms in total. The van der Waals surface area contributed by atoms with Crippen molar-refractivity contribution in [2.75, 3.05) is 31.0 Å². The standard InChI is InChI=1S/C23H29ClF2N4O2/c1-15(13-29-14-31)5-3-4-6-22(24)30(17-8-10-21(32-2)19(26)12-17)23(28)16-7-9-20(27)18(25)11-16/h6-12,15,28-29,31H,3-5,13-14,27H2,1-2H3/b22-6+,28-23?. The van der Waals surface area contributed by atoms with Gasteiger partial charge in [-0.05, 0) is 68.1 Å². The first-order valence-corrected chi connectivity index (χ1v) is 10.6. The number of nitrogens with zero attached hydrogens (tertiary/aromatic N) is 1. The lowest BCUT2D eigenvalue weighted by atomic mass is 10.0. The van der Waals surface area contributed by atoms with Crippen LogP contribution in [-0.4, -0.2) is 31.3 Å². The van der Waals surface area contributed by atoms with E-state index in [2.05, 4.69) is 12.2 Å². The zero-order valence-corrected chi connectivity index (χ0v) is 18.9. The fraction of sp³-hybridized carbons (Fsp3) is 0.348. The van der Waals surface area contributed by atoms with Crippen LogP contribution in [0.25, 0.3) is 0 Å². The van der Waals surface area contributed by atoms with Crippen LogP contribution < -0.4 is 20.7 Å². The van der Waals surface area contributed by atoms with E-state index in [-0.39, 0.29) is 34.7 Å². The van der Waals surface area contributed by atoms with E-state index >= 15 is 0 Å². The predicted molar refractivity (Wildman–Crippen MR) is 125 cm³/mol. The second-order valence-corrected chi connectivity index (χ2v) is 7.80. The molecule has 0 aliphatic carbocycles. The molecule has 0 aliphatic heterocycles. The summed E-state index contributed by atoms with van der Waals surface area (Å²) in [5, 5.41) is 20.5. The molecule has 2 aromatic rings. The number of unbranched alkanes of at least 4 members (excludes halogenated alkanes) is 1. The lowest BCUT2D eigenvalue weighted by Gasteiger charge is -2.25. The molecular weight excluding hydrogens is 438 g/mol. The predicted octanol–water partition coefficient (Wildman–Crippen LogP) is 4.81. The Balaban J connectivity index is 2.28. The lowest BCUT2D eigenvalue weighted by Crippen LogP contribution is -2.28. The third-order valence-electron chi connectivity index (χ3n) is 4.92. The van der Waals surface area contributed by atoms with Crippen molar-refractivity contribution in [3.8, 4) is 5.75 Å². The van der Waals surface area contributed by atoms with Gasteiger partial charge in [0.2, 0.25) is 0 Å². The smallest absolute Gasteiger partial charge is 0.167 e. The van der Waals surface area contributed by atoms with Crippen molar-refractivity contribution in [2.45, 2.75) is 26.2 Å². The summed E-state index contributed by atoms with van der Waals surface area (Å²) >= 11 is 6.55. The molecule has 9 heteroatoms. The molecule has 32 heavy (non-hydrogen) atoms. The van der Waals surface area contributed by atoms with Gasteiger partial charge in [-0.15, -0.1) is 0 Å². The number of anilines is 2. The van der Waals surface area contributed by atoms with Crippen LogP contribution in [-0.2, 0) is 0 Å². The van der Waals surface area contributed by atoms with E-state index in [1.54, 1.807) is 12.1 Å². The van der Waals surface area contributed by atoms with Crippen LogP contribution in [0, 0.1) is 23.0 Å². The van der Waals surface area contributed by atoms with Crippen LogP contribution in [0.3, 0.4) is 0 Å². The lowest BCUT2D eigenvalue weighted by molar-refractivity contribution is 0.250. The molecule has 1 atom stereocenters. The minimum Gasteiger partial charge on any atom is -0.494 e. The summed E-state index contributed by atoms with van der Waals surface area (Å²) in [4.78, 5) is 1.34. The molecule has 0 aliphatic rings. The number of methoxy groups -OCH3 is 1. The maximum absolute atomic E-state index is 14.4. The van der Waals surface area contributed by atoms with Crippen molar-refractivity contribution in [1.82, 2.24) is 5.32 Å². The topological polar surface area (TPSA) is 94.6 Å². The van der Waals surface area contributed by atoms with Gasteiger partial charge >= 0.3 is 0 Å². The number of ether oxygens (including phenoxy) is 1. The summed E-state index contributed by atoms with van der Waals surface area (Å²) in [6.45, 7) is 2.72. The second kappa shape index (κ2) is 12.4. The van der Waals surface area contributed by atoms with Gasteiger partial charge in [0.15, 0.2) is 11.6 Å². The van der Waals surface area contributed by atoms with Crippen LogP contribution in [0.4, 0.5) is 20.2 Å². The van der Waals surface area contributed by atoms with E-state index in [0.717, 1.165) is 18.9 Å². The number of allylic oxidation sites excluding steroid dienone is 1. The van der Waals surface area contributed by atoms with Crippen molar-refractivity contribution in [3.63, 3.8) is 0 Å². The molecule has 0 fully saturated rings. The van der Waals surface area contributed by atoms with Crippen molar-refractivity contribution in [3.05, 3.63) is 64.8 Å². The van der Waals surface area contributed by atoms with Crippen molar-refractivity contribution in [1.29, 1.82) is 5.41 Å². The molecule has 0 amide bonds. The third kappa shape index (κ3) is 6.91. The summed E-state index contributed by atoms with van der Waals surface area (Å²) in [5.74, 6) is -0.962. The number of nitrogens with one attached hydrogen (secondary N) is 2. The molecule has 174 valence electrons. The van der Waals surface area contributed by atoms with Crippen molar-refractivity contribution < 1.29 is 18.6 Å². The number of benzene rings is 2. The number of amidine groups is 1. The number of aliphatic hydroxyl groups is 1. The highest BCUT2D eigenvalue weighted by atomic mass is 35.5. The largest absolute Gasteiger partial charge is 0.494 e. The highest BCUT2D eigenvalue weighted by Gasteiger charge is 2.20. The molecule has 5 N–H and O–H groups in total. The Bertz CT molecular complexity index is 956. The number of halogens is 3. The summed E-state index contributed by atoms with van der Waals surface area (Å²) in [6.07, 6.45) is 4.11. The first kappa shape index (κ1) is 25.6. The normalized spacial score (nSPS) is 12.5. The van der Waals surface area contributed by atoms with E-state index in [4.69, 9.17) is 32.6 Å². The van der Waals surface area contributed by atoms with Gasteiger partial charge in [-0.2, -0.15) is 0 Å². The zero-order chi connectivity index (χ0) is 23.7. The monoisotopic (exact) mass is 466 g/mol. The summed E-state index contributed by atoms with van der Waals surface area (Å²) in [7, 11) is 1.36. The average Bonchev–Trinajstić information content (AvgIpc) is 2.77. The van der Waals surface area contributed by atoms with E-state index < -0.39 is 11.6 Å². The summed E-state index contributed by atoms with van der Waals surface area (Å²) in [6, 6.07) is 8.24. The van der Waals surface area contributed by atoms with Gasteiger partial charge in [0.1, 0.15) is 16.8 Å². The Morgan fingerprint density at radius 2 is 2.03 bits per heavy atom. The number of nitrogen functional groups attached to an aromatic ring is 1. The summed E-state index contributed by atoms with van der Waals surface area (Å²) < 4.78 is 33.3. The van der Waals surface area contributed by atoms with E-state index in [0.29, 0.717) is 24.6 Å². The van der Waals surface area contributed by atoms with Crippen LogP contribution in [0.1, 0.15) is 31.7 Å². The second-order valence-electron chi connectivity index (χ2n) is 7.41. The Kier molecular flexibility index (Phi) is 9.90. The molecule has 2 aromatic carbocycles. The first-order chi connectivity index (χ1) is 15.3. The molecule has 0 bridgehead atoms. The van der Waals surface area contributed by atoms with Gasteiger partial charge in [0.25, 0.3) is 0 Å². The fourth-order valence-electron chi connectivity index (χ4n) is 3.15. The zero-order valence-electron chi connectivity index (χ0n) is 18.2. The van der Waals surface area contributed by atoms with E-state index in [1.807, 2.05) is 0 Å². The number of rotatable bonds is 11.